The van der Waals surface area contributed by atoms with Crippen LogP contribution in [0.25, 0.3) is 0 Å². The minimum atomic E-state index is -2.13. The summed E-state index contributed by atoms with van der Waals surface area (Å²) in [4.78, 5) is 48.4. The second-order valence-electron chi connectivity index (χ2n) is 6.54. The van der Waals surface area contributed by atoms with Gasteiger partial charge < -0.3 is 26.2 Å². The number of rotatable bonds is 5. The van der Waals surface area contributed by atoms with Crippen LogP contribution in [0.4, 0.5) is 0 Å². The van der Waals surface area contributed by atoms with E-state index in [0.29, 0.717) is 6.42 Å². The van der Waals surface area contributed by atoms with Crippen molar-refractivity contribution in [1.29, 1.82) is 0 Å². The van der Waals surface area contributed by atoms with Crippen LogP contribution >= 0.6 is 0 Å². The first-order valence-corrected chi connectivity index (χ1v) is 7.24. The first-order valence-electron chi connectivity index (χ1n) is 7.24. The van der Waals surface area contributed by atoms with E-state index < -0.39 is 47.4 Å². The zero-order valence-corrected chi connectivity index (χ0v) is 13.5. The van der Waals surface area contributed by atoms with Crippen molar-refractivity contribution in [3.63, 3.8) is 0 Å². The number of nitrogens with two attached hydrogens (primary N) is 2. The van der Waals surface area contributed by atoms with Gasteiger partial charge in [-0.25, -0.2) is 9.59 Å². The van der Waals surface area contributed by atoms with E-state index in [2.05, 4.69) is 0 Å². The maximum Gasteiger partial charge on any atom is 0.344 e. The van der Waals surface area contributed by atoms with Crippen molar-refractivity contribution in [2.45, 2.75) is 57.2 Å². The third kappa shape index (κ3) is 3.98. The van der Waals surface area contributed by atoms with E-state index in [1.165, 1.54) is 0 Å². The summed E-state index contributed by atoms with van der Waals surface area (Å²) in [5, 5.41) is 9.59. The Hall–Kier alpha value is -2.16. The van der Waals surface area contributed by atoms with Gasteiger partial charge >= 0.3 is 11.9 Å². The van der Waals surface area contributed by atoms with E-state index in [1.807, 2.05) is 0 Å². The Morgan fingerprint density at radius 2 is 1.87 bits per heavy atom. The van der Waals surface area contributed by atoms with Gasteiger partial charge in [0.2, 0.25) is 17.4 Å². The molecular formula is C14H23N3O6. The standard InChI is InChI=1S/C14H23N3O6/c1-13(2,3)23-12(22)14(11(20)21)5-4-6-17(14)10(19)8(15)7-9(16)18/h8H,4-7,15H2,1-3H3,(H2,16,18)(H,20,21). The first kappa shape index (κ1) is 18.9. The number of nitrogens with zero attached hydrogens (tertiary/aromatic N) is 1. The van der Waals surface area contributed by atoms with E-state index in [-0.39, 0.29) is 13.0 Å². The molecule has 1 saturated heterocycles. The topological polar surface area (TPSA) is 153 Å². The summed E-state index contributed by atoms with van der Waals surface area (Å²) in [6, 6.07) is -1.30. The summed E-state index contributed by atoms with van der Waals surface area (Å²) < 4.78 is 5.18. The zero-order chi connectivity index (χ0) is 18.0. The smallest absolute Gasteiger partial charge is 0.344 e. The van der Waals surface area contributed by atoms with E-state index >= 15 is 0 Å². The summed E-state index contributed by atoms with van der Waals surface area (Å²) >= 11 is 0. The molecule has 2 atom stereocenters. The molecule has 23 heavy (non-hydrogen) atoms. The molecule has 130 valence electrons. The average Bonchev–Trinajstić information content (AvgIpc) is 2.80. The van der Waals surface area contributed by atoms with Crippen molar-refractivity contribution in [1.82, 2.24) is 4.90 Å². The molecule has 0 radical (unpaired) electrons. The second kappa shape index (κ2) is 6.53. The molecule has 0 aromatic rings. The highest BCUT2D eigenvalue weighted by Crippen LogP contribution is 2.33. The molecule has 0 aromatic carbocycles. The highest BCUT2D eigenvalue weighted by atomic mass is 16.6. The van der Waals surface area contributed by atoms with Gasteiger partial charge in [-0.2, -0.15) is 0 Å². The van der Waals surface area contributed by atoms with Crippen LogP contribution in [0.5, 0.6) is 0 Å². The van der Waals surface area contributed by atoms with E-state index in [9.17, 15) is 24.3 Å². The SMILES string of the molecule is CC(C)(C)OC(=O)C1(C(=O)O)CCCN1C(=O)C(N)CC(N)=O. The number of hydrogen-bond donors (Lipinski definition) is 3. The monoisotopic (exact) mass is 329 g/mol. The Labute approximate surface area is 133 Å². The number of hydrogen-bond acceptors (Lipinski definition) is 6. The highest BCUT2D eigenvalue weighted by molar-refractivity contribution is 6.08. The zero-order valence-electron chi connectivity index (χ0n) is 13.5. The fourth-order valence-corrected chi connectivity index (χ4v) is 2.51. The van der Waals surface area contributed by atoms with Crippen LogP contribution < -0.4 is 11.5 Å². The van der Waals surface area contributed by atoms with Gasteiger partial charge in [-0.15, -0.1) is 0 Å². The molecule has 1 fully saturated rings. The predicted octanol–water partition coefficient (Wildman–Crippen LogP) is -1.02. The van der Waals surface area contributed by atoms with Crippen LogP contribution in [0.1, 0.15) is 40.0 Å². The van der Waals surface area contributed by atoms with Crippen molar-refractivity contribution >= 4 is 23.8 Å². The van der Waals surface area contributed by atoms with Crippen molar-refractivity contribution in [2.24, 2.45) is 11.5 Å². The molecule has 0 bridgehead atoms. The summed E-state index contributed by atoms with van der Waals surface area (Å²) in [6.07, 6.45) is -0.202. The fourth-order valence-electron chi connectivity index (χ4n) is 2.51. The molecule has 9 nitrogen and oxygen atoms in total. The number of carbonyl (C=O) groups is 4. The van der Waals surface area contributed by atoms with Gasteiger partial charge in [0.1, 0.15) is 5.60 Å². The maximum absolute atomic E-state index is 12.5. The van der Waals surface area contributed by atoms with Gasteiger partial charge in [0.25, 0.3) is 0 Å². The summed E-state index contributed by atoms with van der Waals surface area (Å²) in [7, 11) is 0. The molecule has 0 aromatic heterocycles. The molecule has 0 saturated carbocycles. The fraction of sp³-hybridized carbons (Fsp3) is 0.714. The highest BCUT2D eigenvalue weighted by Gasteiger charge is 2.58. The number of esters is 1. The van der Waals surface area contributed by atoms with Gasteiger partial charge in [0, 0.05) is 6.54 Å². The average molecular weight is 329 g/mol. The largest absolute Gasteiger partial charge is 0.479 e. The Morgan fingerprint density at radius 3 is 2.30 bits per heavy atom. The molecule has 1 rings (SSSR count). The predicted molar refractivity (Wildman–Crippen MR) is 78.9 cm³/mol. The third-order valence-corrected chi connectivity index (χ3v) is 3.48. The number of ether oxygens (including phenoxy) is 1. The Bertz CT molecular complexity index is 527. The van der Waals surface area contributed by atoms with Gasteiger partial charge in [-0.1, -0.05) is 0 Å². The molecule has 0 aliphatic carbocycles. The summed E-state index contributed by atoms with van der Waals surface area (Å²) in [5.74, 6) is -4.10. The number of carboxylic acids is 1. The Balaban J connectivity index is 3.15. The summed E-state index contributed by atoms with van der Waals surface area (Å²) in [6.45, 7) is 4.83. The van der Waals surface area contributed by atoms with Crippen LogP contribution in [0.15, 0.2) is 0 Å². The number of likely N-dealkylation sites (tertiary alicyclic amines) is 1. The molecule has 2 unspecified atom stereocenters. The van der Waals surface area contributed by atoms with Gasteiger partial charge in [0.15, 0.2) is 0 Å². The molecule has 5 N–H and O–H groups in total. The number of primary amides is 1. The lowest BCUT2D eigenvalue weighted by Crippen LogP contribution is -2.62. The van der Waals surface area contributed by atoms with E-state index in [0.717, 1.165) is 4.90 Å². The number of aliphatic carboxylic acids is 1. The van der Waals surface area contributed by atoms with E-state index in [4.69, 9.17) is 16.2 Å². The molecule has 0 spiro atoms. The molecule has 1 heterocycles. The number of carboxylic acid groups (broad SMARTS) is 1. The van der Waals surface area contributed by atoms with Crippen molar-refractivity contribution < 1.29 is 29.0 Å². The van der Waals surface area contributed by atoms with Crippen LogP contribution in [0.3, 0.4) is 0 Å². The Morgan fingerprint density at radius 1 is 1.30 bits per heavy atom. The molecule has 1 aliphatic heterocycles. The lowest BCUT2D eigenvalue weighted by Gasteiger charge is -2.35. The van der Waals surface area contributed by atoms with Crippen molar-refractivity contribution in [2.75, 3.05) is 6.54 Å². The van der Waals surface area contributed by atoms with Crippen molar-refractivity contribution in [3.05, 3.63) is 0 Å². The minimum Gasteiger partial charge on any atom is -0.479 e. The minimum absolute atomic E-state index is 0.0385. The molecular weight excluding hydrogens is 306 g/mol. The first-order chi connectivity index (χ1) is 10.4. The molecule has 1 aliphatic rings. The number of carbonyl (C=O) groups excluding carboxylic acids is 3. The molecule has 9 heteroatoms. The second-order valence-corrected chi connectivity index (χ2v) is 6.54. The number of amides is 2. The maximum atomic E-state index is 12.5. The van der Waals surface area contributed by atoms with Crippen molar-refractivity contribution in [3.8, 4) is 0 Å². The quantitative estimate of drug-likeness (QED) is 0.431. The van der Waals surface area contributed by atoms with Crippen LogP contribution in [0.2, 0.25) is 0 Å². The third-order valence-electron chi connectivity index (χ3n) is 3.48. The summed E-state index contributed by atoms with van der Waals surface area (Å²) in [5.41, 5.74) is 7.58. The lowest BCUT2D eigenvalue weighted by atomic mass is 9.95. The van der Waals surface area contributed by atoms with E-state index in [1.54, 1.807) is 20.8 Å². The van der Waals surface area contributed by atoms with Crippen LogP contribution in [0, 0.1) is 0 Å². The van der Waals surface area contributed by atoms with Gasteiger partial charge in [0.05, 0.1) is 12.5 Å². The molecule has 2 amide bonds. The Kier molecular flexibility index (Phi) is 5.36. The van der Waals surface area contributed by atoms with Gasteiger partial charge in [-0.3, -0.25) is 9.59 Å². The normalized spacial score (nSPS) is 22.5. The van der Waals surface area contributed by atoms with Crippen LogP contribution in [-0.2, 0) is 23.9 Å². The van der Waals surface area contributed by atoms with Crippen LogP contribution in [-0.4, -0.2) is 57.5 Å². The lowest BCUT2D eigenvalue weighted by molar-refractivity contribution is -0.180. The van der Waals surface area contributed by atoms with Gasteiger partial charge in [-0.05, 0) is 33.6 Å².